The molecule has 2 amide bonds. The lowest BCUT2D eigenvalue weighted by molar-refractivity contribution is 0.197. The van der Waals surface area contributed by atoms with E-state index in [4.69, 9.17) is 0 Å². The summed E-state index contributed by atoms with van der Waals surface area (Å²) >= 11 is 0. The quantitative estimate of drug-likeness (QED) is 0.923. The number of carbonyl (C=O) groups excluding carboxylic acids is 1. The van der Waals surface area contributed by atoms with E-state index in [0.29, 0.717) is 0 Å². The van der Waals surface area contributed by atoms with Crippen molar-refractivity contribution >= 4 is 6.03 Å². The summed E-state index contributed by atoms with van der Waals surface area (Å²) in [5.74, 6) is 0. The number of nitrogens with one attached hydrogen (secondary N) is 1. The zero-order valence-electron chi connectivity index (χ0n) is 13.1. The van der Waals surface area contributed by atoms with Crippen molar-refractivity contribution < 1.29 is 4.79 Å². The summed E-state index contributed by atoms with van der Waals surface area (Å²) in [6.07, 6.45) is 2.00. The fourth-order valence-electron chi connectivity index (χ4n) is 2.59. The van der Waals surface area contributed by atoms with Crippen LogP contribution in [0.3, 0.4) is 0 Å². The van der Waals surface area contributed by atoms with Crippen LogP contribution in [0, 0.1) is 6.92 Å². The van der Waals surface area contributed by atoms with Gasteiger partial charge in [-0.3, -0.25) is 9.88 Å². The van der Waals surface area contributed by atoms with Gasteiger partial charge in [-0.2, -0.15) is 0 Å². The summed E-state index contributed by atoms with van der Waals surface area (Å²) in [6.45, 7) is 9.28. The van der Waals surface area contributed by atoms with Gasteiger partial charge in [-0.05, 0) is 31.9 Å². The third-order valence-corrected chi connectivity index (χ3v) is 3.73. The topological polar surface area (TPSA) is 48.5 Å². The van der Waals surface area contributed by atoms with Crippen molar-refractivity contribution in [3.05, 3.63) is 29.6 Å². The van der Waals surface area contributed by atoms with Gasteiger partial charge in [-0.1, -0.05) is 13.0 Å². The highest BCUT2D eigenvalue weighted by molar-refractivity contribution is 5.74. The Morgan fingerprint density at radius 1 is 1.29 bits per heavy atom. The number of carbonyl (C=O) groups is 1. The first-order chi connectivity index (χ1) is 10.2. The highest BCUT2D eigenvalue weighted by Crippen LogP contribution is 2.08. The molecule has 1 fully saturated rings. The van der Waals surface area contributed by atoms with Gasteiger partial charge >= 0.3 is 6.03 Å². The predicted octanol–water partition coefficient (Wildman–Crippen LogP) is 2.02. The molecule has 5 nitrogen and oxygen atoms in total. The van der Waals surface area contributed by atoms with Crippen LogP contribution >= 0.6 is 0 Å². The van der Waals surface area contributed by atoms with Crippen LogP contribution in [-0.2, 0) is 6.54 Å². The first-order valence-corrected chi connectivity index (χ1v) is 7.86. The standard InChI is InChI=1S/C16H26N4O/c1-3-8-17-16(21)20-10-5-9-19(11-12-20)13-15-7-4-6-14(2)18-15/h4,6-7H,3,5,8-13H2,1-2H3,(H,17,21). The second-order valence-electron chi connectivity index (χ2n) is 5.62. The SMILES string of the molecule is CCCNC(=O)N1CCCN(Cc2cccc(C)n2)CC1. The molecule has 21 heavy (non-hydrogen) atoms. The number of aryl methyl sites for hydroxylation is 1. The Kier molecular flexibility index (Phi) is 5.99. The Morgan fingerprint density at radius 2 is 2.14 bits per heavy atom. The lowest BCUT2D eigenvalue weighted by Crippen LogP contribution is -2.42. The zero-order valence-corrected chi connectivity index (χ0v) is 13.1. The minimum atomic E-state index is 0.0763. The monoisotopic (exact) mass is 290 g/mol. The Hall–Kier alpha value is -1.62. The summed E-state index contributed by atoms with van der Waals surface area (Å²) < 4.78 is 0. The van der Waals surface area contributed by atoms with Gasteiger partial charge in [-0.25, -0.2) is 4.79 Å². The molecule has 1 saturated heterocycles. The van der Waals surface area contributed by atoms with Crippen LogP contribution in [0.1, 0.15) is 31.2 Å². The zero-order chi connectivity index (χ0) is 15.1. The Bertz CT molecular complexity index is 463. The van der Waals surface area contributed by atoms with E-state index in [-0.39, 0.29) is 6.03 Å². The number of hydrogen-bond acceptors (Lipinski definition) is 3. The maximum Gasteiger partial charge on any atom is 0.317 e. The average Bonchev–Trinajstić information content (AvgIpc) is 2.70. The molecule has 0 spiro atoms. The van der Waals surface area contributed by atoms with Crippen LogP contribution in [0.5, 0.6) is 0 Å². The number of pyridine rings is 1. The molecule has 0 aliphatic carbocycles. The third-order valence-electron chi connectivity index (χ3n) is 3.73. The van der Waals surface area contributed by atoms with E-state index in [1.165, 1.54) is 0 Å². The van der Waals surface area contributed by atoms with Gasteiger partial charge in [0.25, 0.3) is 0 Å². The third kappa shape index (κ3) is 5.01. The molecule has 0 bridgehead atoms. The predicted molar refractivity (Wildman–Crippen MR) is 84.1 cm³/mol. The first kappa shape index (κ1) is 15.8. The maximum atomic E-state index is 12.0. The molecule has 2 rings (SSSR count). The molecule has 0 radical (unpaired) electrons. The van der Waals surface area contributed by atoms with Crippen LogP contribution in [0.25, 0.3) is 0 Å². The molecule has 0 unspecified atom stereocenters. The molecule has 5 heteroatoms. The molecule has 1 aromatic rings. The van der Waals surface area contributed by atoms with Crippen LogP contribution in [0.4, 0.5) is 4.79 Å². The van der Waals surface area contributed by atoms with Gasteiger partial charge in [0.15, 0.2) is 0 Å². The van der Waals surface area contributed by atoms with Crippen molar-refractivity contribution in [2.45, 2.75) is 33.2 Å². The lowest BCUT2D eigenvalue weighted by atomic mass is 10.3. The van der Waals surface area contributed by atoms with Gasteiger partial charge < -0.3 is 10.2 Å². The minimum absolute atomic E-state index is 0.0763. The maximum absolute atomic E-state index is 12.0. The van der Waals surface area contributed by atoms with Gasteiger partial charge in [0.1, 0.15) is 0 Å². The Morgan fingerprint density at radius 3 is 2.90 bits per heavy atom. The molecule has 116 valence electrons. The van der Waals surface area contributed by atoms with Crippen molar-refractivity contribution in [3.63, 3.8) is 0 Å². The van der Waals surface area contributed by atoms with E-state index in [1.54, 1.807) is 0 Å². The first-order valence-electron chi connectivity index (χ1n) is 7.86. The molecular weight excluding hydrogens is 264 g/mol. The molecule has 1 aliphatic heterocycles. The fourth-order valence-corrected chi connectivity index (χ4v) is 2.59. The number of rotatable bonds is 4. The number of hydrogen-bond donors (Lipinski definition) is 1. The molecule has 1 aromatic heterocycles. The normalized spacial score (nSPS) is 16.6. The highest BCUT2D eigenvalue weighted by atomic mass is 16.2. The molecule has 1 aliphatic rings. The summed E-state index contributed by atoms with van der Waals surface area (Å²) in [5, 5.41) is 2.96. The van der Waals surface area contributed by atoms with E-state index in [0.717, 1.165) is 63.5 Å². The summed E-state index contributed by atoms with van der Waals surface area (Å²) in [5.41, 5.74) is 2.17. The van der Waals surface area contributed by atoms with E-state index in [2.05, 4.69) is 34.3 Å². The van der Waals surface area contributed by atoms with Crippen molar-refractivity contribution in [2.24, 2.45) is 0 Å². The molecule has 0 atom stereocenters. The van der Waals surface area contributed by atoms with Crippen LogP contribution < -0.4 is 5.32 Å². The van der Waals surface area contributed by atoms with Crippen LogP contribution in [0.15, 0.2) is 18.2 Å². The molecule has 0 aromatic carbocycles. The highest BCUT2D eigenvalue weighted by Gasteiger charge is 2.18. The van der Waals surface area contributed by atoms with Gasteiger partial charge in [-0.15, -0.1) is 0 Å². The summed E-state index contributed by atoms with van der Waals surface area (Å²) in [4.78, 5) is 20.9. The average molecular weight is 290 g/mol. The number of nitrogens with zero attached hydrogens (tertiary/aromatic N) is 3. The van der Waals surface area contributed by atoms with E-state index in [9.17, 15) is 4.79 Å². The number of aromatic nitrogens is 1. The second-order valence-corrected chi connectivity index (χ2v) is 5.62. The summed E-state index contributed by atoms with van der Waals surface area (Å²) in [7, 11) is 0. The number of amides is 2. The molecular formula is C16H26N4O. The van der Waals surface area contributed by atoms with Gasteiger partial charge in [0, 0.05) is 45.0 Å². The van der Waals surface area contributed by atoms with Crippen molar-refractivity contribution in [3.8, 4) is 0 Å². The van der Waals surface area contributed by atoms with Crippen molar-refractivity contribution in [1.29, 1.82) is 0 Å². The minimum Gasteiger partial charge on any atom is -0.338 e. The van der Waals surface area contributed by atoms with E-state index >= 15 is 0 Å². The molecule has 2 heterocycles. The van der Waals surface area contributed by atoms with Gasteiger partial charge in [0.05, 0.1) is 5.69 Å². The van der Waals surface area contributed by atoms with Gasteiger partial charge in [0.2, 0.25) is 0 Å². The fraction of sp³-hybridized carbons (Fsp3) is 0.625. The van der Waals surface area contributed by atoms with Crippen LogP contribution in [0.2, 0.25) is 0 Å². The lowest BCUT2D eigenvalue weighted by Gasteiger charge is -2.22. The molecule has 1 N–H and O–H groups in total. The molecule has 0 saturated carbocycles. The van der Waals surface area contributed by atoms with Crippen LogP contribution in [-0.4, -0.2) is 53.5 Å². The smallest absolute Gasteiger partial charge is 0.317 e. The Labute approximate surface area is 127 Å². The Balaban J connectivity index is 1.84. The van der Waals surface area contributed by atoms with E-state index in [1.807, 2.05) is 17.9 Å². The van der Waals surface area contributed by atoms with E-state index < -0.39 is 0 Å². The van der Waals surface area contributed by atoms with Crippen molar-refractivity contribution in [2.75, 3.05) is 32.7 Å². The largest absolute Gasteiger partial charge is 0.338 e. The summed E-state index contributed by atoms with van der Waals surface area (Å²) in [6, 6.07) is 6.22. The number of urea groups is 1. The van der Waals surface area contributed by atoms with Crippen molar-refractivity contribution in [1.82, 2.24) is 20.1 Å². The second kappa shape index (κ2) is 7.98.